The second-order valence-corrected chi connectivity index (χ2v) is 9.46. The van der Waals surface area contributed by atoms with Gasteiger partial charge >= 0.3 is 0 Å². The number of amides is 1. The Balaban J connectivity index is 1.41. The number of aryl methyl sites for hydroxylation is 2. The Kier molecular flexibility index (Phi) is 5.12. The molecule has 0 unspecified atom stereocenters. The third-order valence-corrected chi connectivity index (χ3v) is 7.12. The van der Waals surface area contributed by atoms with Crippen LogP contribution in [0.25, 0.3) is 0 Å². The van der Waals surface area contributed by atoms with Gasteiger partial charge in [-0.1, -0.05) is 6.07 Å². The summed E-state index contributed by atoms with van der Waals surface area (Å²) in [5, 5.41) is 7.98. The summed E-state index contributed by atoms with van der Waals surface area (Å²) in [6, 6.07) is 5.22. The van der Waals surface area contributed by atoms with Gasteiger partial charge in [0.2, 0.25) is 10.0 Å². The molecular formula is C19H24N6O3S. The van der Waals surface area contributed by atoms with Crippen molar-refractivity contribution < 1.29 is 13.2 Å². The first kappa shape index (κ1) is 19.6. The minimum Gasteiger partial charge on any atom is -0.353 e. The van der Waals surface area contributed by atoms with Crippen LogP contribution < -0.4 is 9.21 Å². The molecule has 0 saturated carbocycles. The van der Waals surface area contributed by atoms with Crippen LogP contribution in [0.15, 0.2) is 24.4 Å². The number of carbonyl (C=O) groups excluding carboxylic acids is 1. The van der Waals surface area contributed by atoms with Crippen molar-refractivity contribution in [1.82, 2.24) is 20.1 Å². The van der Waals surface area contributed by atoms with Crippen LogP contribution in [0.5, 0.6) is 0 Å². The number of hydrogen-bond acceptors (Lipinski definition) is 7. The summed E-state index contributed by atoms with van der Waals surface area (Å²) in [5.74, 6) is 1.15. The van der Waals surface area contributed by atoms with Gasteiger partial charge in [-0.25, -0.2) is 13.4 Å². The fourth-order valence-electron chi connectivity index (χ4n) is 3.79. The van der Waals surface area contributed by atoms with Crippen molar-refractivity contribution in [3.05, 3.63) is 41.2 Å². The predicted octanol–water partition coefficient (Wildman–Crippen LogP) is 0.991. The summed E-state index contributed by atoms with van der Waals surface area (Å²) in [6.07, 6.45) is 2.43. The van der Waals surface area contributed by atoms with Gasteiger partial charge in [0.05, 0.1) is 5.75 Å². The smallest absolute Gasteiger partial charge is 0.274 e. The van der Waals surface area contributed by atoms with Gasteiger partial charge in [-0.3, -0.25) is 9.10 Å². The van der Waals surface area contributed by atoms with Gasteiger partial charge in [-0.05, 0) is 43.5 Å². The molecule has 0 radical (unpaired) electrons. The Morgan fingerprint density at radius 1 is 1.03 bits per heavy atom. The summed E-state index contributed by atoms with van der Waals surface area (Å²) in [7, 11) is -3.31. The molecule has 0 bridgehead atoms. The maximum Gasteiger partial charge on any atom is 0.274 e. The van der Waals surface area contributed by atoms with Crippen LogP contribution in [-0.4, -0.2) is 72.9 Å². The molecule has 0 aliphatic carbocycles. The lowest BCUT2D eigenvalue weighted by Crippen LogP contribution is -2.49. The van der Waals surface area contributed by atoms with Crippen LogP contribution in [0.1, 0.15) is 28.0 Å². The number of aromatic nitrogens is 3. The Morgan fingerprint density at radius 3 is 2.38 bits per heavy atom. The van der Waals surface area contributed by atoms with Crippen molar-refractivity contribution in [1.29, 1.82) is 0 Å². The van der Waals surface area contributed by atoms with Crippen molar-refractivity contribution in [3.8, 4) is 0 Å². The molecule has 0 atom stereocenters. The van der Waals surface area contributed by atoms with Crippen LogP contribution >= 0.6 is 0 Å². The van der Waals surface area contributed by atoms with Crippen molar-refractivity contribution in [2.45, 2.75) is 20.3 Å². The highest BCUT2D eigenvalue weighted by Crippen LogP contribution is 2.22. The van der Waals surface area contributed by atoms with E-state index in [0.29, 0.717) is 39.1 Å². The number of carbonyl (C=O) groups is 1. The molecule has 2 aromatic heterocycles. The molecule has 9 nitrogen and oxygen atoms in total. The van der Waals surface area contributed by atoms with Crippen LogP contribution in [0.4, 0.5) is 11.6 Å². The Hall–Kier alpha value is -2.75. The molecule has 0 aromatic carbocycles. The number of nitrogens with zero attached hydrogens (tertiary/aromatic N) is 6. The molecule has 2 aromatic rings. The molecule has 10 heteroatoms. The van der Waals surface area contributed by atoms with Crippen molar-refractivity contribution in [2.75, 3.05) is 47.7 Å². The van der Waals surface area contributed by atoms with Gasteiger partial charge in [0.25, 0.3) is 5.91 Å². The van der Waals surface area contributed by atoms with Gasteiger partial charge in [0.1, 0.15) is 5.82 Å². The molecule has 0 spiro atoms. The molecule has 2 saturated heterocycles. The lowest BCUT2D eigenvalue weighted by molar-refractivity contribution is 0.0739. The third-order valence-electron chi connectivity index (χ3n) is 5.28. The quantitative estimate of drug-likeness (QED) is 0.736. The number of hydrogen-bond donors (Lipinski definition) is 0. The molecule has 2 fully saturated rings. The number of sulfonamides is 1. The summed E-state index contributed by atoms with van der Waals surface area (Å²) in [6.45, 7) is 6.99. The minimum absolute atomic E-state index is 0.120. The Labute approximate surface area is 170 Å². The predicted molar refractivity (Wildman–Crippen MR) is 110 cm³/mol. The van der Waals surface area contributed by atoms with Crippen molar-refractivity contribution in [3.63, 3.8) is 0 Å². The zero-order valence-corrected chi connectivity index (χ0v) is 17.4. The maximum atomic E-state index is 12.8. The third kappa shape index (κ3) is 3.89. The van der Waals surface area contributed by atoms with Gasteiger partial charge < -0.3 is 9.80 Å². The molecule has 2 aliphatic rings. The van der Waals surface area contributed by atoms with E-state index in [1.54, 1.807) is 17.0 Å². The van der Waals surface area contributed by atoms with E-state index >= 15 is 0 Å². The van der Waals surface area contributed by atoms with Gasteiger partial charge in [-0.2, -0.15) is 0 Å². The van der Waals surface area contributed by atoms with E-state index in [1.165, 1.54) is 4.31 Å². The lowest BCUT2D eigenvalue weighted by Gasteiger charge is -2.35. The molecule has 0 N–H and O–H groups in total. The van der Waals surface area contributed by atoms with E-state index in [2.05, 4.69) is 26.1 Å². The van der Waals surface area contributed by atoms with Crippen LogP contribution in [0.3, 0.4) is 0 Å². The molecule has 1 amide bonds. The Morgan fingerprint density at radius 2 is 1.79 bits per heavy atom. The SMILES string of the molecule is Cc1cnc(N2CCN(C(=O)c3ccc(N4CCCS4(=O)=O)nn3)CC2)c(C)c1. The minimum atomic E-state index is -3.31. The summed E-state index contributed by atoms with van der Waals surface area (Å²) >= 11 is 0. The van der Waals surface area contributed by atoms with E-state index in [4.69, 9.17) is 0 Å². The summed E-state index contributed by atoms with van der Waals surface area (Å²) in [5.41, 5.74) is 2.48. The van der Waals surface area contributed by atoms with E-state index in [9.17, 15) is 13.2 Å². The molecule has 154 valence electrons. The van der Waals surface area contributed by atoms with E-state index in [-0.39, 0.29) is 23.2 Å². The molecule has 29 heavy (non-hydrogen) atoms. The van der Waals surface area contributed by atoms with Crippen LogP contribution in [0, 0.1) is 13.8 Å². The second kappa shape index (κ2) is 7.58. The van der Waals surface area contributed by atoms with Crippen LogP contribution in [-0.2, 0) is 10.0 Å². The average Bonchev–Trinajstić information content (AvgIpc) is 3.07. The van der Waals surface area contributed by atoms with Gasteiger partial charge in [0.15, 0.2) is 11.5 Å². The molecule has 4 rings (SSSR count). The van der Waals surface area contributed by atoms with Crippen molar-refractivity contribution in [2.24, 2.45) is 0 Å². The monoisotopic (exact) mass is 416 g/mol. The number of pyridine rings is 1. The first-order valence-electron chi connectivity index (χ1n) is 9.67. The highest BCUT2D eigenvalue weighted by molar-refractivity contribution is 7.93. The van der Waals surface area contributed by atoms with E-state index in [1.807, 2.05) is 20.0 Å². The first-order chi connectivity index (χ1) is 13.8. The topological polar surface area (TPSA) is 99.6 Å². The maximum absolute atomic E-state index is 12.8. The normalized spacial score (nSPS) is 18.9. The van der Waals surface area contributed by atoms with Crippen LogP contribution in [0.2, 0.25) is 0 Å². The molecule has 2 aliphatic heterocycles. The second-order valence-electron chi connectivity index (χ2n) is 7.45. The summed E-state index contributed by atoms with van der Waals surface area (Å²) in [4.78, 5) is 21.2. The zero-order chi connectivity index (χ0) is 20.6. The number of anilines is 2. The number of rotatable bonds is 3. The average molecular weight is 417 g/mol. The fourth-order valence-corrected chi connectivity index (χ4v) is 5.30. The number of piperazine rings is 1. The largest absolute Gasteiger partial charge is 0.353 e. The highest BCUT2D eigenvalue weighted by Gasteiger charge is 2.30. The lowest BCUT2D eigenvalue weighted by atomic mass is 10.2. The fraction of sp³-hybridized carbons (Fsp3) is 0.474. The van der Waals surface area contributed by atoms with Crippen molar-refractivity contribution >= 4 is 27.6 Å². The highest BCUT2D eigenvalue weighted by atomic mass is 32.2. The van der Waals surface area contributed by atoms with Gasteiger partial charge in [0, 0.05) is 38.9 Å². The van der Waals surface area contributed by atoms with Gasteiger partial charge in [-0.15, -0.1) is 10.2 Å². The Bertz CT molecular complexity index is 1020. The van der Waals surface area contributed by atoms with E-state index < -0.39 is 10.0 Å². The standard InChI is InChI=1S/C19H24N6O3S/c1-14-12-15(2)18(20-13-14)23-7-9-24(10-8-23)19(26)16-4-5-17(22-21-16)25-6-3-11-29(25,27)28/h4-5,12-13H,3,6-11H2,1-2H3. The zero-order valence-electron chi connectivity index (χ0n) is 16.6. The van der Waals surface area contributed by atoms with E-state index in [0.717, 1.165) is 16.9 Å². The first-order valence-corrected chi connectivity index (χ1v) is 11.3. The molecule has 4 heterocycles. The summed E-state index contributed by atoms with van der Waals surface area (Å²) < 4.78 is 25.2. The molecular weight excluding hydrogens is 392 g/mol.